The van der Waals surface area contributed by atoms with Gasteiger partial charge in [0.2, 0.25) is 5.91 Å². The van der Waals surface area contributed by atoms with Gasteiger partial charge >= 0.3 is 6.03 Å². The number of hydrazine groups is 1. The Balaban J connectivity index is 1.51. The van der Waals surface area contributed by atoms with Crippen molar-refractivity contribution < 1.29 is 14.4 Å². The van der Waals surface area contributed by atoms with Gasteiger partial charge in [0, 0.05) is 24.7 Å². The lowest BCUT2D eigenvalue weighted by molar-refractivity contribution is -0.191. The number of hydrogen-bond donors (Lipinski definition) is 1. The summed E-state index contributed by atoms with van der Waals surface area (Å²) >= 11 is 6.44. The molecule has 0 aliphatic carbocycles. The van der Waals surface area contributed by atoms with Gasteiger partial charge in [0.15, 0.2) is 0 Å². The molecule has 0 aromatic heterocycles. The van der Waals surface area contributed by atoms with Crippen molar-refractivity contribution in [2.75, 3.05) is 19.6 Å². The predicted octanol–water partition coefficient (Wildman–Crippen LogP) is 4.04. The summed E-state index contributed by atoms with van der Waals surface area (Å²) < 4.78 is 0. The summed E-state index contributed by atoms with van der Waals surface area (Å²) in [5.74, 6) is -0.390. The third-order valence-corrected chi connectivity index (χ3v) is 7.38. The largest absolute Gasteiger partial charge is 0.334 e. The number of hydrogen-bond acceptors (Lipinski definition) is 4. The molecule has 2 aliphatic rings. The molecule has 2 aliphatic heterocycles. The van der Waals surface area contributed by atoms with Crippen LogP contribution in [0.3, 0.4) is 0 Å². The van der Waals surface area contributed by atoms with Crippen LogP contribution in [0.1, 0.15) is 29.7 Å². The molecule has 0 spiro atoms. The lowest BCUT2D eigenvalue weighted by Gasteiger charge is -2.55. The Morgan fingerprint density at radius 2 is 1.61 bits per heavy atom. The normalized spacial score (nSPS) is 19.9. The molecule has 196 valence electrons. The Kier molecular flexibility index (Phi) is 7.62. The number of nitrogens with zero attached hydrogens (tertiary/aromatic N) is 4. The molecule has 1 N–H and O–H groups in total. The summed E-state index contributed by atoms with van der Waals surface area (Å²) in [5.41, 5.74) is 2.47. The van der Waals surface area contributed by atoms with Crippen LogP contribution in [0.2, 0.25) is 5.02 Å². The van der Waals surface area contributed by atoms with Gasteiger partial charge in [0.25, 0.3) is 5.91 Å². The number of likely N-dealkylation sites (N-methyl/N-ethyl adjacent to an activating group) is 1. The van der Waals surface area contributed by atoms with Gasteiger partial charge in [-0.05, 0) is 22.8 Å². The lowest BCUT2D eigenvalue weighted by Crippen LogP contribution is -2.74. The van der Waals surface area contributed by atoms with E-state index in [1.807, 2.05) is 85.8 Å². The van der Waals surface area contributed by atoms with E-state index in [1.165, 1.54) is 0 Å². The van der Waals surface area contributed by atoms with Crippen molar-refractivity contribution in [2.45, 2.75) is 32.2 Å². The van der Waals surface area contributed by atoms with E-state index >= 15 is 0 Å². The van der Waals surface area contributed by atoms with Crippen LogP contribution in [0.15, 0.2) is 84.9 Å². The third kappa shape index (κ3) is 5.10. The first-order chi connectivity index (χ1) is 18.5. The second kappa shape index (κ2) is 11.2. The van der Waals surface area contributed by atoms with Crippen molar-refractivity contribution in [1.82, 2.24) is 25.1 Å². The fourth-order valence-electron chi connectivity index (χ4n) is 5.14. The highest BCUT2D eigenvalue weighted by Gasteiger charge is 2.51. The van der Waals surface area contributed by atoms with Gasteiger partial charge in [-0.25, -0.2) is 14.8 Å². The van der Waals surface area contributed by atoms with Gasteiger partial charge in [0.1, 0.15) is 12.2 Å². The van der Waals surface area contributed by atoms with Crippen molar-refractivity contribution in [1.29, 1.82) is 0 Å². The Morgan fingerprint density at radius 1 is 0.947 bits per heavy atom. The van der Waals surface area contributed by atoms with E-state index in [2.05, 4.69) is 5.32 Å². The standard InChI is InChI=1S/C29H30ClN5O3/c1-2-33-20-26(36)34-25(35(33)29(38)31-17-21-11-5-3-6-12-21)19-32(18-23-15-9-10-16-24(23)30)28(37)27(34)22-13-7-4-8-14-22/h3-16,25,27H,2,17-20H2,1H3,(H,31,38)/t25-,27-/m0/s1. The van der Waals surface area contributed by atoms with Crippen LogP contribution in [0, 0.1) is 0 Å². The number of benzene rings is 3. The minimum Gasteiger partial charge on any atom is -0.333 e. The second-order valence-electron chi connectivity index (χ2n) is 9.37. The van der Waals surface area contributed by atoms with E-state index in [9.17, 15) is 14.4 Å². The summed E-state index contributed by atoms with van der Waals surface area (Å²) in [4.78, 5) is 44.4. The zero-order valence-electron chi connectivity index (χ0n) is 21.2. The minimum absolute atomic E-state index is 0.00683. The molecule has 0 bridgehead atoms. The van der Waals surface area contributed by atoms with E-state index in [-0.39, 0.29) is 37.5 Å². The molecule has 3 aromatic rings. The summed E-state index contributed by atoms with van der Waals surface area (Å²) in [6.45, 7) is 3.15. The minimum atomic E-state index is -0.853. The van der Waals surface area contributed by atoms with Crippen LogP contribution in [-0.4, -0.2) is 63.5 Å². The van der Waals surface area contributed by atoms with Gasteiger partial charge in [-0.3, -0.25) is 9.59 Å². The van der Waals surface area contributed by atoms with Crippen LogP contribution >= 0.6 is 11.6 Å². The summed E-state index contributed by atoms with van der Waals surface area (Å²) in [5, 5.41) is 6.91. The van der Waals surface area contributed by atoms with E-state index in [0.717, 1.165) is 11.1 Å². The highest BCUT2D eigenvalue weighted by Crippen LogP contribution is 2.35. The lowest BCUT2D eigenvalue weighted by atomic mass is 9.98. The van der Waals surface area contributed by atoms with Gasteiger partial charge in [-0.15, -0.1) is 0 Å². The van der Waals surface area contributed by atoms with E-state index in [0.29, 0.717) is 23.7 Å². The van der Waals surface area contributed by atoms with Gasteiger partial charge < -0.3 is 15.1 Å². The van der Waals surface area contributed by atoms with Gasteiger partial charge in [0.05, 0.1) is 13.1 Å². The molecule has 2 atom stereocenters. The number of nitrogens with one attached hydrogen (secondary N) is 1. The Morgan fingerprint density at radius 3 is 2.29 bits per heavy atom. The predicted molar refractivity (Wildman–Crippen MR) is 144 cm³/mol. The van der Waals surface area contributed by atoms with Crippen LogP contribution in [0.5, 0.6) is 0 Å². The monoisotopic (exact) mass is 531 g/mol. The van der Waals surface area contributed by atoms with Crippen molar-refractivity contribution in [3.05, 3.63) is 107 Å². The molecule has 0 radical (unpaired) electrons. The molecule has 8 nitrogen and oxygen atoms in total. The van der Waals surface area contributed by atoms with Crippen molar-refractivity contribution in [3.8, 4) is 0 Å². The van der Waals surface area contributed by atoms with Crippen LogP contribution in [0.4, 0.5) is 4.79 Å². The molecule has 2 fully saturated rings. The SMILES string of the molecule is CCN1CC(=O)N2[C@@H](c3ccccc3)C(=O)N(Cc3ccccc3Cl)C[C@@H]2N1C(=O)NCc1ccccc1. The van der Waals surface area contributed by atoms with Crippen LogP contribution in [-0.2, 0) is 22.7 Å². The maximum absolute atomic E-state index is 13.9. The second-order valence-corrected chi connectivity index (χ2v) is 9.78. The molecule has 3 aromatic carbocycles. The van der Waals surface area contributed by atoms with E-state index in [4.69, 9.17) is 11.6 Å². The average Bonchev–Trinajstić information content (AvgIpc) is 2.94. The molecule has 0 saturated carbocycles. The quantitative estimate of drug-likeness (QED) is 0.521. The highest BCUT2D eigenvalue weighted by molar-refractivity contribution is 6.31. The number of piperazine rings is 1. The van der Waals surface area contributed by atoms with Gasteiger partial charge in [-0.1, -0.05) is 97.4 Å². The first-order valence-corrected chi connectivity index (χ1v) is 13.1. The molecule has 9 heteroatoms. The van der Waals surface area contributed by atoms with Gasteiger partial charge in [-0.2, -0.15) is 0 Å². The first kappa shape index (κ1) is 25.8. The molecule has 38 heavy (non-hydrogen) atoms. The number of urea groups is 1. The molecule has 5 rings (SSSR count). The third-order valence-electron chi connectivity index (χ3n) is 7.02. The number of amides is 4. The zero-order chi connectivity index (χ0) is 26.6. The van der Waals surface area contributed by atoms with E-state index in [1.54, 1.807) is 25.9 Å². The Hall–Kier alpha value is -3.88. The first-order valence-electron chi connectivity index (χ1n) is 12.7. The Bertz CT molecular complexity index is 1310. The number of rotatable bonds is 6. The molecule has 4 amide bonds. The highest BCUT2D eigenvalue weighted by atomic mass is 35.5. The smallest absolute Gasteiger partial charge is 0.333 e. The molecular weight excluding hydrogens is 502 g/mol. The maximum atomic E-state index is 13.9. The summed E-state index contributed by atoms with van der Waals surface area (Å²) in [7, 11) is 0. The van der Waals surface area contributed by atoms with E-state index < -0.39 is 12.2 Å². The van der Waals surface area contributed by atoms with Crippen molar-refractivity contribution in [2.24, 2.45) is 0 Å². The summed E-state index contributed by atoms with van der Waals surface area (Å²) in [6.07, 6.45) is -0.683. The average molecular weight is 532 g/mol. The molecule has 2 saturated heterocycles. The number of halogens is 1. The fraction of sp³-hybridized carbons (Fsp3) is 0.276. The molecular formula is C29H30ClN5O3. The Labute approximate surface area is 227 Å². The molecule has 0 unspecified atom stereocenters. The topological polar surface area (TPSA) is 76.2 Å². The fourth-order valence-corrected chi connectivity index (χ4v) is 5.34. The maximum Gasteiger partial charge on any atom is 0.334 e. The summed E-state index contributed by atoms with van der Waals surface area (Å²) in [6, 6.07) is 25.1. The number of carbonyl (C=O) groups excluding carboxylic acids is 3. The number of fused-ring (bicyclic) bond motifs is 1. The van der Waals surface area contributed by atoms with Crippen LogP contribution in [0.25, 0.3) is 0 Å². The number of carbonyl (C=O) groups is 3. The van der Waals surface area contributed by atoms with Crippen LogP contribution < -0.4 is 5.32 Å². The van der Waals surface area contributed by atoms with Crippen molar-refractivity contribution in [3.63, 3.8) is 0 Å². The zero-order valence-corrected chi connectivity index (χ0v) is 21.9. The molecule has 2 heterocycles. The van der Waals surface area contributed by atoms with Crippen molar-refractivity contribution >= 4 is 29.4 Å².